The lowest BCUT2D eigenvalue weighted by molar-refractivity contribution is -0.115. The molecule has 0 heterocycles. The number of benzene rings is 1. The highest BCUT2D eigenvalue weighted by Crippen LogP contribution is 2.13. The van der Waals surface area contributed by atoms with Crippen molar-refractivity contribution in [2.45, 2.75) is 25.2 Å². The minimum atomic E-state index is -3.42. The fraction of sp³-hybridized carbons (Fsp3) is 0.364. The maximum atomic E-state index is 11.6. The summed E-state index contributed by atoms with van der Waals surface area (Å²) in [6.07, 6.45) is 0.386. The number of hydrogen-bond acceptors (Lipinski definition) is 3. The summed E-state index contributed by atoms with van der Waals surface area (Å²) in [4.78, 5) is 11.3. The third kappa shape index (κ3) is 3.83. The van der Waals surface area contributed by atoms with Crippen molar-refractivity contribution in [3.8, 4) is 0 Å². The zero-order valence-electron chi connectivity index (χ0n) is 9.86. The van der Waals surface area contributed by atoms with Gasteiger partial charge in [-0.15, -0.1) is 0 Å². The van der Waals surface area contributed by atoms with E-state index in [1.165, 1.54) is 12.1 Å². The fourth-order valence-electron chi connectivity index (χ4n) is 1.24. The summed E-state index contributed by atoms with van der Waals surface area (Å²) < 4.78 is 25.6. The molecule has 0 aliphatic heterocycles. The molecule has 5 nitrogen and oxygen atoms in total. The van der Waals surface area contributed by atoms with Gasteiger partial charge in [-0.3, -0.25) is 4.79 Å². The molecule has 1 rings (SSSR count). The van der Waals surface area contributed by atoms with Crippen molar-refractivity contribution in [1.82, 2.24) is 4.72 Å². The lowest BCUT2D eigenvalue weighted by Gasteiger charge is -2.06. The van der Waals surface area contributed by atoms with Crippen molar-refractivity contribution in [3.63, 3.8) is 0 Å². The van der Waals surface area contributed by atoms with Gasteiger partial charge in [0.15, 0.2) is 0 Å². The van der Waals surface area contributed by atoms with Crippen LogP contribution < -0.4 is 10.0 Å². The molecule has 0 saturated carbocycles. The molecular formula is C11H16N2O3S. The second kappa shape index (κ2) is 5.79. The van der Waals surface area contributed by atoms with E-state index in [2.05, 4.69) is 10.0 Å². The summed E-state index contributed by atoms with van der Waals surface area (Å²) in [6.45, 7) is 3.81. The van der Waals surface area contributed by atoms with E-state index in [0.717, 1.165) is 0 Å². The molecule has 0 unspecified atom stereocenters. The molecule has 0 aliphatic carbocycles. The molecule has 0 fully saturated rings. The highest BCUT2D eigenvalue weighted by molar-refractivity contribution is 7.89. The first-order chi connectivity index (χ1) is 7.99. The van der Waals surface area contributed by atoms with Crippen LogP contribution in [0.15, 0.2) is 29.2 Å². The van der Waals surface area contributed by atoms with Crippen LogP contribution in [0.4, 0.5) is 5.69 Å². The largest absolute Gasteiger partial charge is 0.326 e. The summed E-state index contributed by atoms with van der Waals surface area (Å²) in [5, 5.41) is 2.65. The van der Waals surface area contributed by atoms with E-state index >= 15 is 0 Å². The maximum Gasteiger partial charge on any atom is 0.240 e. The van der Waals surface area contributed by atoms with E-state index in [4.69, 9.17) is 0 Å². The standard InChI is InChI=1S/C11H16N2O3S/c1-3-11(14)13-9-5-7-10(8-6-9)17(15,16)12-4-2/h5-8,12H,3-4H2,1-2H3,(H,13,14). The maximum absolute atomic E-state index is 11.6. The van der Waals surface area contributed by atoms with E-state index in [9.17, 15) is 13.2 Å². The van der Waals surface area contributed by atoms with Crippen LogP contribution in [0.3, 0.4) is 0 Å². The summed E-state index contributed by atoms with van der Waals surface area (Å²) in [6, 6.07) is 6.06. The number of carbonyl (C=O) groups is 1. The Morgan fingerprint density at radius 3 is 2.24 bits per heavy atom. The lowest BCUT2D eigenvalue weighted by Crippen LogP contribution is -2.23. The third-order valence-electron chi connectivity index (χ3n) is 2.10. The highest BCUT2D eigenvalue weighted by Gasteiger charge is 2.11. The number of nitrogens with one attached hydrogen (secondary N) is 2. The number of sulfonamides is 1. The Kier molecular flexibility index (Phi) is 4.65. The van der Waals surface area contributed by atoms with Crippen LogP contribution in [0.1, 0.15) is 20.3 Å². The van der Waals surface area contributed by atoms with E-state index < -0.39 is 10.0 Å². The van der Waals surface area contributed by atoms with Crippen LogP contribution >= 0.6 is 0 Å². The quantitative estimate of drug-likeness (QED) is 0.834. The Morgan fingerprint density at radius 2 is 1.76 bits per heavy atom. The molecule has 2 N–H and O–H groups in total. The summed E-state index contributed by atoms with van der Waals surface area (Å²) in [5.41, 5.74) is 0.590. The fourth-order valence-corrected chi connectivity index (χ4v) is 2.28. The van der Waals surface area contributed by atoms with E-state index in [1.807, 2.05) is 0 Å². The second-order valence-electron chi connectivity index (χ2n) is 3.43. The number of anilines is 1. The topological polar surface area (TPSA) is 75.3 Å². The predicted molar refractivity (Wildman–Crippen MR) is 66.2 cm³/mol. The Balaban J connectivity index is 2.85. The molecule has 1 aromatic carbocycles. The zero-order chi connectivity index (χ0) is 12.9. The first-order valence-corrected chi connectivity index (χ1v) is 6.87. The normalized spacial score (nSPS) is 11.2. The Bertz CT molecular complexity index is 480. The molecule has 0 aliphatic rings. The van der Waals surface area contributed by atoms with E-state index in [1.54, 1.807) is 26.0 Å². The van der Waals surface area contributed by atoms with Gasteiger partial charge in [-0.25, -0.2) is 13.1 Å². The van der Waals surface area contributed by atoms with Gasteiger partial charge in [-0.2, -0.15) is 0 Å². The second-order valence-corrected chi connectivity index (χ2v) is 5.19. The first kappa shape index (κ1) is 13.7. The summed E-state index contributed by atoms with van der Waals surface area (Å²) in [7, 11) is -3.42. The molecule has 0 saturated heterocycles. The van der Waals surface area contributed by atoms with Gasteiger partial charge < -0.3 is 5.32 Å². The Labute approximate surface area is 101 Å². The minimum absolute atomic E-state index is 0.104. The molecule has 0 spiro atoms. The van der Waals surface area contributed by atoms with Crippen molar-refractivity contribution < 1.29 is 13.2 Å². The molecular weight excluding hydrogens is 240 g/mol. The van der Waals surface area contributed by atoms with Crippen LogP contribution in [0.5, 0.6) is 0 Å². The van der Waals surface area contributed by atoms with Crippen molar-refractivity contribution in [2.75, 3.05) is 11.9 Å². The third-order valence-corrected chi connectivity index (χ3v) is 3.67. The monoisotopic (exact) mass is 256 g/mol. The summed E-state index contributed by atoms with van der Waals surface area (Å²) >= 11 is 0. The van der Waals surface area contributed by atoms with Crippen LogP contribution in [-0.2, 0) is 14.8 Å². The van der Waals surface area contributed by atoms with Crippen molar-refractivity contribution in [3.05, 3.63) is 24.3 Å². The van der Waals surface area contributed by atoms with Crippen LogP contribution in [0.2, 0.25) is 0 Å². The number of carbonyl (C=O) groups excluding carboxylic acids is 1. The molecule has 0 radical (unpaired) electrons. The van der Waals surface area contributed by atoms with Gasteiger partial charge in [0.1, 0.15) is 0 Å². The number of rotatable bonds is 5. The van der Waals surface area contributed by atoms with Crippen LogP contribution in [0.25, 0.3) is 0 Å². The number of hydrogen-bond donors (Lipinski definition) is 2. The molecule has 0 aromatic heterocycles. The minimum Gasteiger partial charge on any atom is -0.326 e. The molecule has 6 heteroatoms. The van der Waals surface area contributed by atoms with Gasteiger partial charge in [0, 0.05) is 18.7 Å². The Hall–Kier alpha value is -1.40. The first-order valence-electron chi connectivity index (χ1n) is 5.39. The average molecular weight is 256 g/mol. The highest BCUT2D eigenvalue weighted by atomic mass is 32.2. The molecule has 17 heavy (non-hydrogen) atoms. The van der Waals surface area contributed by atoms with Crippen LogP contribution in [0, 0.1) is 0 Å². The Morgan fingerprint density at radius 1 is 1.18 bits per heavy atom. The van der Waals surface area contributed by atoms with Crippen molar-refractivity contribution >= 4 is 21.6 Å². The van der Waals surface area contributed by atoms with Crippen molar-refractivity contribution in [2.24, 2.45) is 0 Å². The van der Waals surface area contributed by atoms with Gasteiger partial charge >= 0.3 is 0 Å². The zero-order valence-corrected chi connectivity index (χ0v) is 10.7. The number of amides is 1. The van der Waals surface area contributed by atoms with Crippen LogP contribution in [-0.4, -0.2) is 20.9 Å². The van der Waals surface area contributed by atoms with Gasteiger partial charge in [0.25, 0.3) is 0 Å². The SMILES string of the molecule is CCNS(=O)(=O)c1ccc(NC(=O)CC)cc1. The molecule has 0 atom stereocenters. The van der Waals surface area contributed by atoms with Gasteiger partial charge in [-0.1, -0.05) is 13.8 Å². The lowest BCUT2D eigenvalue weighted by atomic mass is 10.3. The molecule has 0 bridgehead atoms. The molecule has 1 aromatic rings. The predicted octanol–water partition coefficient (Wildman–Crippen LogP) is 1.33. The molecule has 1 amide bonds. The van der Waals surface area contributed by atoms with Gasteiger partial charge in [-0.05, 0) is 24.3 Å². The van der Waals surface area contributed by atoms with E-state index in [0.29, 0.717) is 18.7 Å². The molecule has 94 valence electrons. The average Bonchev–Trinajstić information content (AvgIpc) is 2.29. The smallest absolute Gasteiger partial charge is 0.240 e. The van der Waals surface area contributed by atoms with E-state index in [-0.39, 0.29) is 10.8 Å². The van der Waals surface area contributed by atoms with Gasteiger partial charge in [0.05, 0.1) is 4.90 Å². The summed E-state index contributed by atoms with van der Waals surface area (Å²) in [5.74, 6) is -0.104. The van der Waals surface area contributed by atoms with Crippen molar-refractivity contribution in [1.29, 1.82) is 0 Å². The van der Waals surface area contributed by atoms with Gasteiger partial charge in [0.2, 0.25) is 15.9 Å².